The Morgan fingerprint density at radius 2 is 1.92 bits per heavy atom. The molecule has 0 saturated heterocycles. The highest BCUT2D eigenvalue weighted by atomic mass is 32.2. The van der Waals surface area contributed by atoms with E-state index in [0.717, 1.165) is 22.8 Å². The van der Waals surface area contributed by atoms with Crippen molar-refractivity contribution < 1.29 is 23.1 Å². The maximum absolute atomic E-state index is 13.6. The molecule has 4 nitrogen and oxygen atoms in total. The minimum atomic E-state index is -1.14. The van der Waals surface area contributed by atoms with E-state index in [1.54, 1.807) is 18.2 Å². The van der Waals surface area contributed by atoms with Gasteiger partial charge in [-0.1, -0.05) is 19.1 Å². The van der Waals surface area contributed by atoms with Crippen LogP contribution in [0.4, 0.5) is 14.5 Å². The average molecular weight is 365 g/mol. The highest BCUT2D eigenvalue weighted by molar-refractivity contribution is 7.99. The van der Waals surface area contributed by atoms with E-state index in [9.17, 15) is 18.4 Å². The highest BCUT2D eigenvalue weighted by Gasteiger charge is 2.21. The molecular weight excluding hydrogens is 348 g/mol. The van der Waals surface area contributed by atoms with Crippen molar-refractivity contribution in [2.24, 2.45) is 0 Å². The number of carbonyl (C=O) groups is 2. The van der Waals surface area contributed by atoms with Crippen molar-refractivity contribution >= 4 is 29.3 Å². The molecule has 132 valence electrons. The van der Waals surface area contributed by atoms with Crippen LogP contribution in [0.2, 0.25) is 0 Å². The number of anilines is 1. The highest BCUT2D eigenvalue weighted by Crippen LogP contribution is 2.23. The summed E-state index contributed by atoms with van der Waals surface area (Å²) in [6.45, 7) is 3.34. The molecule has 0 aromatic heterocycles. The summed E-state index contributed by atoms with van der Waals surface area (Å²) in [6, 6.07) is 9.70. The number of ether oxygens (including phenoxy) is 1. The van der Waals surface area contributed by atoms with Gasteiger partial charge in [0.25, 0.3) is 5.91 Å². The van der Waals surface area contributed by atoms with Gasteiger partial charge in [0.05, 0.1) is 11.3 Å². The summed E-state index contributed by atoms with van der Waals surface area (Å²) < 4.78 is 31.6. The Labute approximate surface area is 148 Å². The average Bonchev–Trinajstić information content (AvgIpc) is 2.58. The number of hydrogen-bond acceptors (Lipinski definition) is 4. The number of nitrogens with one attached hydrogen (secondary N) is 1. The fourth-order valence-electron chi connectivity index (χ4n) is 2.02. The minimum absolute atomic E-state index is 0.184. The summed E-state index contributed by atoms with van der Waals surface area (Å²) in [5.74, 6) is -2.22. The van der Waals surface area contributed by atoms with Crippen LogP contribution in [-0.4, -0.2) is 23.7 Å². The Kier molecular flexibility index (Phi) is 6.52. The zero-order chi connectivity index (χ0) is 18.4. The van der Waals surface area contributed by atoms with Gasteiger partial charge in [-0.25, -0.2) is 13.6 Å². The van der Waals surface area contributed by atoms with Gasteiger partial charge < -0.3 is 10.1 Å². The predicted octanol–water partition coefficient (Wildman–Crippen LogP) is 4.26. The predicted molar refractivity (Wildman–Crippen MR) is 92.7 cm³/mol. The fourth-order valence-corrected chi connectivity index (χ4v) is 2.81. The molecule has 25 heavy (non-hydrogen) atoms. The number of halogens is 2. The van der Waals surface area contributed by atoms with E-state index in [0.29, 0.717) is 11.6 Å². The molecule has 0 heterocycles. The van der Waals surface area contributed by atoms with Gasteiger partial charge >= 0.3 is 5.97 Å². The summed E-state index contributed by atoms with van der Waals surface area (Å²) >= 11 is 1.49. The van der Waals surface area contributed by atoms with E-state index in [-0.39, 0.29) is 5.69 Å². The van der Waals surface area contributed by atoms with Gasteiger partial charge in [-0.3, -0.25) is 4.79 Å². The molecule has 0 aliphatic heterocycles. The smallest absolute Gasteiger partial charge is 0.340 e. The molecule has 1 amide bonds. The lowest BCUT2D eigenvalue weighted by Gasteiger charge is -2.15. The summed E-state index contributed by atoms with van der Waals surface area (Å²) in [5.41, 5.74) is 0.179. The lowest BCUT2D eigenvalue weighted by Crippen LogP contribution is -2.30. The lowest BCUT2D eigenvalue weighted by molar-refractivity contribution is -0.123. The van der Waals surface area contributed by atoms with E-state index < -0.39 is 29.6 Å². The van der Waals surface area contributed by atoms with Gasteiger partial charge in [-0.2, -0.15) is 0 Å². The molecule has 0 aliphatic rings. The largest absolute Gasteiger partial charge is 0.449 e. The van der Waals surface area contributed by atoms with E-state index in [4.69, 9.17) is 4.74 Å². The molecule has 0 bridgehead atoms. The van der Waals surface area contributed by atoms with Crippen LogP contribution in [0.3, 0.4) is 0 Å². The Hall–Kier alpha value is -2.41. The first-order valence-corrected chi connectivity index (χ1v) is 8.59. The van der Waals surface area contributed by atoms with Crippen molar-refractivity contribution in [3.8, 4) is 0 Å². The molecule has 0 unspecified atom stereocenters. The Balaban J connectivity index is 2.04. The molecule has 1 atom stereocenters. The van der Waals surface area contributed by atoms with Crippen molar-refractivity contribution in [2.45, 2.75) is 24.8 Å². The summed E-state index contributed by atoms with van der Waals surface area (Å²) in [6.07, 6.45) is -1.14. The first kappa shape index (κ1) is 18.9. The van der Waals surface area contributed by atoms with Crippen molar-refractivity contribution in [1.29, 1.82) is 0 Å². The third kappa shape index (κ3) is 5.03. The summed E-state index contributed by atoms with van der Waals surface area (Å²) in [7, 11) is 0. The molecule has 2 aromatic rings. The molecule has 2 rings (SSSR count). The molecule has 0 saturated carbocycles. The van der Waals surface area contributed by atoms with Gasteiger partial charge in [-0.15, -0.1) is 11.8 Å². The van der Waals surface area contributed by atoms with Gasteiger partial charge in [0.15, 0.2) is 6.10 Å². The normalized spacial score (nSPS) is 11.7. The third-order valence-corrected chi connectivity index (χ3v) is 4.20. The second kappa shape index (κ2) is 8.62. The zero-order valence-corrected chi connectivity index (χ0v) is 14.5. The molecule has 0 fully saturated rings. The van der Waals surface area contributed by atoms with Gasteiger partial charge in [0.2, 0.25) is 0 Å². The quantitative estimate of drug-likeness (QED) is 0.614. The maximum atomic E-state index is 13.6. The van der Waals surface area contributed by atoms with Crippen LogP contribution >= 0.6 is 11.8 Å². The Morgan fingerprint density at radius 1 is 1.20 bits per heavy atom. The molecule has 0 aliphatic carbocycles. The topological polar surface area (TPSA) is 55.4 Å². The summed E-state index contributed by atoms with van der Waals surface area (Å²) in [5, 5.41) is 2.27. The van der Waals surface area contributed by atoms with Crippen LogP contribution in [0.5, 0.6) is 0 Å². The molecular formula is C18H17F2NO3S. The Morgan fingerprint density at radius 3 is 2.60 bits per heavy atom. The lowest BCUT2D eigenvalue weighted by atomic mass is 10.2. The first-order valence-electron chi connectivity index (χ1n) is 7.61. The van der Waals surface area contributed by atoms with E-state index in [2.05, 4.69) is 5.32 Å². The van der Waals surface area contributed by atoms with Gasteiger partial charge in [0, 0.05) is 11.0 Å². The number of rotatable bonds is 6. The van der Waals surface area contributed by atoms with E-state index >= 15 is 0 Å². The molecule has 0 spiro atoms. The molecule has 2 aromatic carbocycles. The van der Waals surface area contributed by atoms with Crippen molar-refractivity contribution in [3.63, 3.8) is 0 Å². The number of amides is 1. The van der Waals surface area contributed by atoms with Crippen LogP contribution in [0.1, 0.15) is 24.2 Å². The molecule has 0 radical (unpaired) electrons. The van der Waals surface area contributed by atoms with Crippen molar-refractivity contribution in [3.05, 3.63) is 59.7 Å². The maximum Gasteiger partial charge on any atom is 0.340 e. The fraction of sp³-hybridized carbons (Fsp3) is 0.222. The Bertz CT molecular complexity index is 783. The molecule has 7 heteroatoms. The van der Waals surface area contributed by atoms with Gasteiger partial charge in [0.1, 0.15) is 11.6 Å². The van der Waals surface area contributed by atoms with Crippen LogP contribution in [0.15, 0.2) is 47.4 Å². The minimum Gasteiger partial charge on any atom is -0.449 e. The number of esters is 1. The second-order valence-corrected chi connectivity index (χ2v) is 6.40. The number of thioether (sulfide) groups is 1. The van der Waals surface area contributed by atoms with Gasteiger partial charge in [-0.05, 0) is 36.9 Å². The number of hydrogen-bond donors (Lipinski definition) is 1. The van der Waals surface area contributed by atoms with Crippen LogP contribution in [-0.2, 0) is 9.53 Å². The van der Waals surface area contributed by atoms with Crippen LogP contribution in [0.25, 0.3) is 0 Å². The zero-order valence-electron chi connectivity index (χ0n) is 13.7. The summed E-state index contributed by atoms with van der Waals surface area (Å²) in [4.78, 5) is 25.1. The first-order chi connectivity index (χ1) is 11.9. The van der Waals surface area contributed by atoms with Crippen LogP contribution in [0, 0.1) is 11.6 Å². The third-order valence-electron chi connectivity index (χ3n) is 3.25. The standard InChI is InChI=1S/C18H17F2NO3S/c1-3-25-16-7-5-4-6-13(16)18(23)24-11(2)17(22)21-15-9-8-12(19)10-14(15)20/h4-11H,3H2,1-2H3,(H,21,22)/t11-/m1/s1. The van der Waals surface area contributed by atoms with Crippen molar-refractivity contribution in [2.75, 3.05) is 11.1 Å². The second-order valence-electron chi connectivity index (χ2n) is 5.09. The number of benzene rings is 2. The molecule has 1 N–H and O–H groups in total. The SMILES string of the molecule is CCSc1ccccc1C(=O)O[C@H](C)C(=O)Nc1ccc(F)cc1F. The monoisotopic (exact) mass is 365 g/mol. The van der Waals surface area contributed by atoms with E-state index in [1.807, 2.05) is 13.0 Å². The van der Waals surface area contributed by atoms with Crippen LogP contribution < -0.4 is 5.32 Å². The number of carbonyl (C=O) groups excluding carboxylic acids is 2. The van der Waals surface area contributed by atoms with E-state index in [1.165, 1.54) is 18.7 Å². The van der Waals surface area contributed by atoms with Crippen molar-refractivity contribution in [1.82, 2.24) is 0 Å².